The van der Waals surface area contributed by atoms with E-state index in [0.717, 1.165) is 22.5 Å². The van der Waals surface area contributed by atoms with Gasteiger partial charge in [0.1, 0.15) is 5.82 Å². The zero-order chi connectivity index (χ0) is 21.8. The molecule has 31 heavy (non-hydrogen) atoms. The highest BCUT2D eigenvalue weighted by atomic mass is 32.1. The summed E-state index contributed by atoms with van der Waals surface area (Å²) in [6, 6.07) is 13.5. The lowest BCUT2D eigenvalue weighted by molar-refractivity contribution is 0.102. The van der Waals surface area contributed by atoms with Crippen molar-refractivity contribution < 1.29 is 13.9 Å². The molecule has 4 rings (SSSR count). The van der Waals surface area contributed by atoms with Gasteiger partial charge in [0.25, 0.3) is 5.91 Å². The summed E-state index contributed by atoms with van der Waals surface area (Å²) in [7, 11) is 3.72. The molecule has 2 aromatic carbocycles. The second kappa shape index (κ2) is 9.90. The minimum absolute atomic E-state index is 0.190. The summed E-state index contributed by atoms with van der Waals surface area (Å²) < 4.78 is 20.5. The zero-order valence-electron chi connectivity index (χ0n) is 18.1. The molecular weight excluding hydrogens is 411 g/mol. The van der Waals surface area contributed by atoms with Gasteiger partial charge in [0, 0.05) is 41.0 Å². The normalized spacial score (nSPS) is 15.0. The summed E-state index contributed by atoms with van der Waals surface area (Å²) in [5.74, 6) is -0.547. The van der Waals surface area contributed by atoms with Crippen molar-refractivity contribution in [1.82, 2.24) is 4.90 Å². The first-order chi connectivity index (χ1) is 15.1. The molecule has 6 heteroatoms. The molecule has 1 saturated carbocycles. The number of hydrogen-bond donors (Lipinski definition) is 1. The Morgan fingerprint density at radius 1 is 1.16 bits per heavy atom. The molecule has 1 aliphatic rings. The predicted octanol–water partition coefficient (Wildman–Crippen LogP) is 6.20. The molecule has 0 radical (unpaired) electrons. The van der Waals surface area contributed by atoms with Crippen LogP contribution < -0.4 is 5.32 Å². The molecule has 0 bridgehead atoms. The van der Waals surface area contributed by atoms with E-state index in [1.165, 1.54) is 49.5 Å². The van der Waals surface area contributed by atoms with E-state index in [9.17, 15) is 9.18 Å². The standard InChI is InChI=1S/C25H29FN2O2S/c1-28(18-10-4-3-5-11-18)15-17-9-6-7-13-21(17)27-25(29)24-19(16-30-2)23-20(26)12-8-14-22(23)31-24/h6-9,12-14,18H,3-5,10-11,15-16H2,1-2H3,(H,27,29). The molecule has 4 nitrogen and oxygen atoms in total. The Kier molecular flexibility index (Phi) is 7.00. The summed E-state index contributed by atoms with van der Waals surface area (Å²) in [5, 5.41) is 3.56. The Hall–Kier alpha value is -2.28. The van der Waals surface area contributed by atoms with Gasteiger partial charge in [-0.1, -0.05) is 43.5 Å². The lowest BCUT2D eigenvalue weighted by Gasteiger charge is -2.31. The average Bonchev–Trinajstić information content (AvgIpc) is 3.16. The van der Waals surface area contributed by atoms with E-state index in [-0.39, 0.29) is 18.3 Å². The fourth-order valence-electron chi connectivity index (χ4n) is 4.51. The Labute approximate surface area is 187 Å². The van der Waals surface area contributed by atoms with E-state index < -0.39 is 0 Å². The number of hydrogen-bond acceptors (Lipinski definition) is 4. The summed E-state index contributed by atoms with van der Waals surface area (Å²) in [4.78, 5) is 16.1. The number of carbonyl (C=O) groups is 1. The van der Waals surface area contributed by atoms with Gasteiger partial charge in [-0.3, -0.25) is 9.69 Å². The molecule has 1 aromatic heterocycles. The number of rotatable bonds is 7. The van der Waals surface area contributed by atoms with Crippen LogP contribution in [0.1, 0.15) is 52.9 Å². The Bertz CT molecular complexity index is 1060. The molecule has 0 atom stereocenters. The van der Waals surface area contributed by atoms with Gasteiger partial charge in [-0.25, -0.2) is 4.39 Å². The molecule has 1 amide bonds. The monoisotopic (exact) mass is 440 g/mol. The summed E-state index contributed by atoms with van der Waals surface area (Å²) >= 11 is 1.31. The van der Waals surface area contributed by atoms with Crippen LogP contribution in [-0.2, 0) is 17.9 Å². The fourth-order valence-corrected chi connectivity index (χ4v) is 5.63. The number of fused-ring (bicyclic) bond motifs is 1. The van der Waals surface area contributed by atoms with Gasteiger partial charge in [0.05, 0.1) is 11.5 Å². The van der Waals surface area contributed by atoms with Gasteiger partial charge in [-0.2, -0.15) is 0 Å². The van der Waals surface area contributed by atoms with Gasteiger partial charge in [-0.05, 0) is 43.7 Å². The number of para-hydroxylation sites is 1. The quantitative estimate of drug-likeness (QED) is 0.475. The Morgan fingerprint density at radius 3 is 2.71 bits per heavy atom. The summed E-state index contributed by atoms with van der Waals surface area (Å²) in [5.41, 5.74) is 2.50. The molecule has 1 N–H and O–H groups in total. The maximum Gasteiger partial charge on any atom is 0.266 e. The van der Waals surface area contributed by atoms with Crippen molar-refractivity contribution in [3.05, 3.63) is 64.3 Å². The topological polar surface area (TPSA) is 41.6 Å². The molecular formula is C25H29FN2O2S. The first kappa shape index (κ1) is 21.9. The molecule has 164 valence electrons. The number of nitrogens with zero attached hydrogens (tertiary/aromatic N) is 1. The van der Waals surface area contributed by atoms with E-state index in [2.05, 4.69) is 23.3 Å². The Morgan fingerprint density at radius 2 is 1.94 bits per heavy atom. The van der Waals surface area contributed by atoms with Gasteiger partial charge in [0.2, 0.25) is 0 Å². The molecule has 0 saturated heterocycles. The van der Waals surface area contributed by atoms with Gasteiger partial charge < -0.3 is 10.1 Å². The summed E-state index contributed by atoms with van der Waals surface area (Å²) in [6.45, 7) is 0.975. The molecule has 1 heterocycles. The molecule has 1 fully saturated rings. The number of carbonyl (C=O) groups excluding carboxylic acids is 1. The number of halogens is 1. The third kappa shape index (κ3) is 4.81. The number of thiophene rings is 1. The minimum Gasteiger partial charge on any atom is -0.380 e. The molecule has 3 aromatic rings. The van der Waals surface area contributed by atoms with Crippen molar-refractivity contribution in [2.45, 2.75) is 51.3 Å². The number of ether oxygens (including phenoxy) is 1. The second-order valence-corrected chi connectivity index (χ2v) is 9.33. The maximum absolute atomic E-state index is 14.5. The molecule has 0 aliphatic heterocycles. The number of methoxy groups -OCH3 is 1. The van der Waals surface area contributed by atoms with Crippen LogP contribution in [0.25, 0.3) is 10.1 Å². The molecule has 0 unspecified atom stereocenters. The SMILES string of the molecule is COCc1c(C(=O)Nc2ccccc2CN(C)C2CCCCC2)sc2cccc(F)c12. The van der Waals surface area contributed by atoms with Crippen molar-refractivity contribution >= 4 is 33.0 Å². The maximum atomic E-state index is 14.5. The van der Waals surface area contributed by atoms with E-state index in [1.54, 1.807) is 13.2 Å². The highest BCUT2D eigenvalue weighted by molar-refractivity contribution is 7.21. The highest BCUT2D eigenvalue weighted by Gasteiger charge is 2.22. The lowest BCUT2D eigenvalue weighted by Crippen LogP contribution is -2.33. The van der Waals surface area contributed by atoms with E-state index >= 15 is 0 Å². The van der Waals surface area contributed by atoms with E-state index in [4.69, 9.17) is 4.74 Å². The van der Waals surface area contributed by atoms with Crippen molar-refractivity contribution in [1.29, 1.82) is 0 Å². The van der Waals surface area contributed by atoms with Crippen molar-refractivity contribution in [3.63, 3.8) is 0 Å². The first-order valence-corrected chi connectivity index (χ1v) is 11.7. The van der Waals surface area contributed by atoms with Crippen LogP contribution in [0.2, 0.25) is 0 Å². The third-order valence-electron chi connectivity index (χ3n) is 6.14. The predicted molar refractivity (Wildman–Crippen MR) is 125 cm³/mol. The zero-order valence-corrected chi connectivity index (χ0v) is 18.9. The fraction of sp³-hybridized carbons (Fsp3) is 0.400. The highest BCUT2D eigenvalue weighted by Crippen LogP contribution is 2.34. The van der Waals surface area contributed by atoms with Crippen LogP contribution in [0.15, 0.2) is 42.5 Å². The summed E-state index contributed by atoms with van der Waals surface area (Å²) in [6.07, 6.45) is 6.38. The third-order valence-corrected chi connectivity index (χ3v) is 7.34. The van der Waals surface area contributed by atoms with Crippen LogP contribution in [0.5, 0.6) is 0 Å². The first-order valence-electron chi connectivity index (χ1n) is 10.9. The molecule has 1 aliphatic carbocycles. The van der Waals surface area contributed by atoms with E-state index in [0.29, 0.717) is 21.9 Å². The number of anilines is 1. The van der Waals surface area contributed by atoms with Crippen LogP contribution in [-0.4, -0.2) is 31.0 Å². The smallest absolute Gasteiger partial charge is 0.266 e. The van der Waals surface area contributed by atoms with Crippen LogP contribution >= 0.6 is 11.3 Å². The average molecular weight is 441 g/mol. The van der Waals surface area contributed by atoms with Crippen molar-refractivity contribution in [2.24, 2.45) is 0 Å². The largest absolute Gasteiger partial charge is 0.380 e. The Balaban J connectivity index is 1.58. The van der Waals surface area contributed by atoms with Crippen molar-refractivity contribution in [3.8, 4) is 0 Å². The van der Waals surface area contributed by atoms with E-state index in [1.807, 2.05) is 24.3 Å². The lowest BCUT2D eigenvalue weighted by atomic mass is 9.94. The van der Waals surface area contributed by atoms with Crippen LogP contribution in [0, 0.1) is 5.82 Å². The van der Waals surface area contributed by atoms with Crippen LogP contribution in [0.4, 0.5) is 10.1 Å². The van der Waals surface area contributed by atoms with Crippen molar-refractivity contribution in [2.75, 3.05) is 19.5 Å². The minimum atomic E-state index is -0.325. The van der Waals surface area contributed by atoms with Gasteiger partial charge in [0.15, 0.2) is 0 Å². The van der Waals surface area contributed by atoms with Gasteiger partial charge in [-0.15, -0.1) is 11.3 Å². The number of amides is 1. The van der Waals surface area contributed by atoms with Crippen LogP contribution in [0.3, 0.4) is 0 Å². The van der Waals surface area contributed by atoms with Gasteiger partial charge >= 0.3 is 0 Å². The second-order valence-electron chi connectivity index (χ2n) is 8.27. The number of nitrogens with one attached hydrogen (secondary N) is 1. The number of benzene rings is 2. The molecule has 0 spiro atoms.